The molecular weight excluding hydrogens is 310 g/mol. The van der Waals surface area contributed by atoms with Crippen LogP contribution in [0.25, 0.3) is 0 Å². The molecule has 1 aliphatic heterocycles. The monoisotopic (exact) mass is 337 g/mol. The maximum Gasteiger partial charge on any atom is 0.343 e. The number of rotatable bonds is 9. The van der Waals surface area contributed by atoms with Crippen LogP contribution in [-0.2, 0) is 19.1 Å². The summed E-state index contributed by atoms with van der Waals surface area (Å²) in [5.41, 5.74) is 0.152. The second kappa shape index (κ2) is 9.45. The molecule has 0 bridgehead atoms. The van der Waals surface area contributed by atoms with Crippen LogP contribution in [-0.4, -0.2) is 35.6 Å². The van der Waals surface area contributed by atoms with Crippen molar-refractivity contribution in [2.45, 2.75) is 70.3 Å². The Morgan fingerprint density at radius 1 is 1.12 bits per heavy atom. The number of hydrogen-bond donors (Lipinski definition) is 2. The average molecular weight is 337 g/mol. The lowest BCUT2D eigenvalue weighted by molar-refractivity contribution is -0.151. The molecule has 2 rings (SSSR count). The Hall–Kier alpha value is -1.85. The molecule has 0 radical (unpaired) electrons. The van der Waals surface area contributed by atoms with Gasteiger partial charge in [0.2, 0.25) is 0 Å². The third kappa shape index (κ3) is 5.65. The number of fused-ring (bicyclic) bond motifs is 1. The molecule has 6 heteroatoms. The molecule has 0 aromatic heterocycles. The molecule has 2 aliphatic rings. The molecule has 2 unspecified atom stereocenters. The zero-order valence-corrected chi connectivity index (χ0v) is 14.1. The van der Waals surface area contributed by atoms with E-state index in [4.69, 9.17) is 9.84 Å². The normalized spacial score (nSPS) is 23.0. The van der Waals surface area contributed by atoms with Gasteiger partial charge in [-0.15, -0.1) is 0 Å². The first-order valence-corrected chi connectivity index (χ1v) is 9.00. The van der Waals surface area contributed by atoms with Crippen molar-refractivity contribution in [3.63, 3.8) is 0 Å². The molecule has 1 heterocycles. The largest absolute Gasteiger partial charge is 0.481 e. The number of ether oxygens (including phenoxy) is 1. The van der Waals surface area contributed by atoms with E-state index in [1.807, 2.05) is 0 Å². The van der Waals surface area contributed by atoms with Crippen LogP contribution in [0.3, 0.4) is 0 Å². The number of esters is 1. The summed E-state index contributed by atoms with van der Waals surface area (Å²) in [4.78, 5) is 34.5. The molecule has 2 N–H and O–H groups in total. The van der Waals surface area contributed by atoms with Gasteiger partial charge in [-0.3, -0.25) is 9.59 Å². The van der Waals surface area contributed by atoms with Gasteiger partial charge in [-0.1, -0.05) is 31.8 Å². The lowest BCUT2D eigenvalue weighted by Gasteiger charge is -2.33. The SMILES string of the molecule is O=C(O)CCCCCCCNC(=O)C1=CC2CCCCC2OC1=O. The molecule has 1 aliphatic carbocycles. The topological polar surface area (TPSA) is 92.7 Å². The number of carboxylic acids is 1. The first-order valence-electron chi connectivity index (χ1n) is 9.00. The summed E-state index contributed by atoms with van der Waals surface area (Å²) >= 11 is 0. The van der Waals surface area contributed by atoms with E-state index in [0.717, 1.165) is 51.4 Å². The summed E-state index contributed by atoms with van der Waals surface area (Å²) in [5.74, 6) is -1.40. The Kier molecular flexibility index (Phi) is 7.28. The Bertz CT molecular complexity index is 500. The summed E-state index contributed by atoms with van der Waals surface area (Å²) in [6.45, 7) is 0.524. The number of nitrogens with one attached hydrogen (secondary N) is 1. The smallest absolute Gasteiger partial charge is 0.343 e. The predicted octanol–water partition coefficient (Wildman–Crippen LogP) is 2.57. The summed E-state index contributed by atoms with van der Waals surface area (Å²) < 4.78 is 5.40. The van der Waals surface area contributed by atoms with Gasteiger partial charge in [0.1, 0.15) is 11.7 Å². The molecule has 1 fully saturated rings. The molecule has 0 aromatic carbocycles. The van der Waals surface area contributed by atoms with Crippen molar-refractivity contribution in [3.05, 3.63) is 11.6 Å². The van der Waals surface area contributed by atoms with E-state index in [1.54, 1.807) is 6.08 Å². The second-order valence-corrected chi connectivity index (χ2v) is 6.64. The highest BCUT2D eigenvalue weighted by Gasteiger charge is 2.35. The highest BCUT2D eigenvalue weighted by atomic mass is 16.5. The van der Waals surface area contributed by atoms with Crippen molar-refractivity contribution in [3.8, 4) is 0 Å². The van der Waals surface area contributed by atoms with Crippen LogP contribution < -0.4 is 5.32 Å². The average Bonchev–Trinajstić information content (AvgIpc) is 2.56. The highest BCUT2D eigenvalue weighted by Crippen LogP contribution is 2.32. The van der Waals surface area contributed by atoms with Gasteiger partial charge in [0.25, 0.3) is 5.91 Å². The second-order valence-electron chi connectivity index (χ2n) is 6.64. The van der Waals surface area contributed by atoms with E-state index in [2.05, 4.69) is 5.32 Å². The molecule has 6 nitrogen and oxygen atoms in total. The zero-order valence-electron chi connectivity index (χ0n) is 14.1. The number of aliphatic carboxylic acids is 1. The van der Waals surface area contributed by atoms with Gasteiger partial charge in [-0.2, -0.15) is 0 Å². The number of unbranched alkanes of at least 4 members (excludes halogenated alkanes) is 4. The standard InChI is InChI=1S/C18H27NO5/c20-16(21)10-4-2-1-3-7-11-19-17(22)14-12-13-8-5-6-9-15(13)24-18(14)23/h12-13,15H,1-11H2,(H,19,22)(H,20,21). The fourth-order valence-electron chi connectivity index (χ4n) is 3.34. The van der Waals surface area contributed by atoms with Gasteiger partial charge in [0, 0.05) is 18.9 Å². The number of carboxylic acid groups (broad SMARTS) is 1. The van der Waals surface area contributed by atoms with Crippen molar-refractivity contribution in [2.24, 2.45) is 5.92 Å². The van der Waals surface area contributed by atoms with E-state index in [0.29, 0.717) is 13.0 Å². The van der Waals surface area contributed by atoms with E-state index < -0.39 is 11.9 Å². The molecule has 2 atom stereocenters. The first-order chi connectivity index (χ1) is 11.6. The van der Waals surface area contributed by atoms with Gasteiger partial charge in [0.15, 0.2) is 0 Å². The van der Waals surface area contributed by atoms with Crippen LogP contribution in [0.4, 0.5) is 0 Å². The molecule has 0 spiro atoms. The van der Waals surface area contributed by atoms with E-state index in [-0.39, 0.29) is 29.9 Å². The van der Waals surface area contributed by atoms with Crippen LogP contribution in [0.1, 0.15) is 64.2 Å². The number of carbonyl (C=O) groups is 3. The van der Waals surface area contributed by atoms with Crippen LogP contribution >= 0.6 is 0 Å². The highest BCUT2D eigenvalue weighted by molar-refractivity contribution is 6.16. The van der Waals surface area contributed by atoms with Gasteiger partial charge in [0.05, 0.1) is 0 Å². The molecule has 0 aromatic rings. The van der Waals surface area contributed by atoms with Crippen LogP contribution in [0.5, 0.6) is 0 Å². The van der Waals surface area contributed by atoms with Crippen molar-refractivity contribution < 1.29 is 24.2 Å². The Morgan fingerprint density at radius 3 is 2.62 bits per heavy atom. The van der Waals surface area contributed by atoms with Crippen molar-refractivity contribution >= 4 is 17.8 Å². The molecule has 134 valence electrons. The minimum Gasteiger partial charge on any atom is -0.481 e. The first kappa shape index (κ1) is 18.5. The fraction of sp³-hybridized carbons (Fsp3) is 0.722. The van der Waals surface area contributed by atoms with Gasteiger partial charge < -0.3 is 15.2 Å². The van der Waals surface area contributed by atoms with Gasteiger partial charge >= 0.3 is 11.9 Å². The van der Waals surface area contributed by atoms with E-state index in [9.17, 15) is 14.4 Å². The molecule has 0 saturated heterocycles. The Labute approximate surface area is 142 Å². The van der Waals surface area contributed by atoms with Gasteiger partial charge in [-0.05, 0) is 32.1 Å². The summed E-state index contributed by atoms with van der Waals surface area (Å²) in [5, 5.41) is 11.3. The van der Waals surface area contributed by atoms with E-state index >= 15 is 0 Å². The lowest BCUT2D eigenvalue weighted by atomic mass is 9.83. The molecule has 1 amide bonds. The summed E-state index contributed by atoms with van der Waals surface area (Å²) in [7, 11) is 0. The maximum atomic E-state index is 12.1. The van der Waals surface area contributed by atoms with Gasteiger partial charge in [-0.25, -0.2) is 4.79 Å². The summed E-state index contributed by atoms with van der Waals surface area (Å²) in [6.07, 6.45) is 10.3. The quantitative estimate of drug-likeness (QED) is 0.383. The van der Waals surface area contributed by atoms with Crippen LogP contribution in [0.2, 0.25) is 0 Å². The molecular formula is C18H27NO5. The lowest BCUT2D eigenvalue weighted by Crippen LogP contribution is -2.39. The van der Waals surface area contributed by atoms with Crippen LogP contribution in [0.15, 0.2) is 11.6 Å². The maximum absolute atomic E-state index is 12.1. The third-order valence-electron chi connectivity index (χ3n) is 4.71. The fourth-order valence-corrected chi connectivity index (χ4v) is 3.34. The van der Waals surface area contributed by atoms with Crippen molar-refractivity contribution in [2.75, 3.05) is 6.54 Å². The third-order valence-corrected chi connectivity index (χ3v) is 4.71. The van der Waals surface area contributed by atoms with E-state index in [1.165, 1.54) is 0 Å². The zero-order chi connectivity index (χ0) is 17.4. The summed E-state index contributed by atoms with van der Waals surface area (Å²) in [6, 6.07) is 0. The molecule has 1 saturated carbocycles. The molecule has 24 heavy (non-hydrogen) atoms. The Balaban J connectivity index is 1.64. The van der Waals surface area contributed by atoms with Crippen molar-refractivity contribution in [1.82, 2.24) is 5.32 Å². The minimum absolute atomic E-state index is 0.0476. The van der Waals surface area contributed by atoms with Crippen molar-refractivity contribution in [1.29, 1.82) is 0 Å². The Morgan fingerprint density at radius 2 is 1.83 bits per heavy atom. The number of carbonyl (C=O) groups excluding carboxylic acids is 2. The number of hydrogen-bond acceptors (Lipinski definition) is 4. The minimum atomic E-state index is -0.755. The van der Waals surface area contributed by atoms with Crippen LogP contribution in [0, 0.1) is 5.92 Å². The number of amides is 1. The predicted molar refractivity (Wildman–Crippen MR) is 88.3 cm³/mol.